The van der Waals surface area contributed by atoms with Crippen LogP contribution in [0, 0.1) is 6.92 Å². The van der Waals surface area contributed by atoms with Gasteiger partial charge in [-0.25, -0.2) is 4.98 Å². The van der Waals surface area contributed by atoms with Crippen LogP contribution in [0.2, 0.25) is 5.02 Å². The number of aryl methyl sites for hydroxylation is 1. The lowest BCUT2D eigenvalue weighted by molar-refractivity contribution is -0.00363. The van der Waals surface area contributed by atoms with E-state index in [1.165, 1.54) is 0 Å². The molecule has 0 aliphatic heterocycles. The smallest absolute Gasteiger partial charge is 0.126 e. The molecule has 1 aromatic carbocycles. The Balaban J connectivity index is 1.48. The van der Waals surface area contributed by atoms with E-state index in [1.54, 1.807) is 12.4 Å². The van der Waals surface area contributed by atoms with Crippen molar-refractivity contribution in [3.8, 4) is 0 Å². The zero-order valence-electron chi connectivity index (χ0n) is 14.7. The average Bonchev–Trinajstić information content (AvgIpc) is 2.68. The van der Waals surface area contributed by atoms with Crippen molar-refractivity contribution in [2.24, 2.45) is 0 Å². The van der Waals surface area contributed by atoms with Gasteiger partial charge in [0.05, 0.1) is 11.1 Å². The molecule has 1 fully saturated rings. The van der Waals surface area contributed by atoms with Crippen LogP contribution in [0.1, 0.15) is 36.8 Å². The van der Waals surface area contributed by atoms with E-state index in [1.807, 2.05) is 43.3 Å². The third-order valence-corrected chi connectivity index (χ3v) is 5.70. The molecule has 0 amide bonds. The Morgan fingerprint density at radius 3 is 2.69 bits per heavy atom. The highest BCUT2D eigenvalue weighted by Crippen LogP contribution is 2.37. The van der Waals surface area contributed by atoms with E-state index < -0.39 is 5.60 Å². The number of aromatic nitrogens is 2. The van der Waals surface area contributed by atoms with Gasteiger partial charge in [-0.15, -0.1) is 0 Å². The molecule has 1 saturated carbocycles. The highest BCUT2D eigenvalue weighted by molar-refractivity contribution is 6.35. The molecule has 2 N–H and O–H groups in total. The van der Waals surface area contributed by atoms with Gasteiger partial charge in [-0.3, -0.25) is 4.98 Å². The van der Waals surface area contributed by atoms with Crippen LogP contribution >= 0.6 is 11.6 Å². The van der Waals surface area contributed by atoms with Crippen LogP contribution in [0.25, 0.3) is 10.9 Å². The molecule has 5 heteroatoms. The van der Waals surface area contributed by atoms with Crippen molar-refractivity contribution in [3.05, 3.63) is 64.9 Å². The van der Waals surface area contributed by atoms with Gasteiger partial charge in [0.2, 0.25) is 0 Å². The zero-order valence-corrected chi connectivity index (χ0v) is 15.5. The Morgan fingerprint density at radius 2 is 1.96 bits per heavy atom. The van der Waals surface area contributed by atoms with Gasteiger partial charge in [0, 0.05) is 34.4 Å². The molecule has 4 rings (SSSR count). The summed E-state index contributed by atoms with van der Waals surface area (Å²) in [7, 11) is 0. The number of halogens is 1. The lowest BCUT2D eigenvalue weighted by atomic mass is 9.78. The summed E-state index contributed by atoms with van der Waals surface area (Å²) in [5.41, 5.74) is 2.19. The number of anilines is 1. The molecule has 26 heavy (non-hydrogen) atoms. The van der Waals surface area contributed by atoms with Gasteiger partial charge in [-0.1, -0.05) is 23.7 Å². The van der Waals surface area contributed by atoms with E-state index >= 15 is 0 Å². The highest BCUT2D eigenvalue weighted by atomic mass is 35.5. The Labute approximate surface area is 158 Å². The first-order chi connectivity index (χ1) is 12.5. The first kappa shape index (κ1) is 17.3. The van der Waals surface area contributed by atoms with Crippen molar-refractivity contribution in [3.63, 3.8) is 0 Å². The van der Waals surface area contributed by atoms with E-state index in [9.17, 15) is 5.11 Å². The Morgan fingerprint density at radius 1 is 1.15 bits per heavy atom. The molecule has 2 aromatic heterocycles. The van der Waals surface area contributed by atoms with E-state index in [-0.39, 0.29) is 0 Å². The van der Waals surface area contributed by atoms with Gasteiger partial charge in [-0.2, -0.15) is 0 Å². The molecule has 0 saturated heterocycles. The quantitative estimate of drug-likeness (QED) is 0.695. The van der Waals surface area contributed by atoms with Gasteiger partial charge < -0.3 is 10.4 Å². The summed E-state index contributed by atoms with van der Waals surface area (Å²) in [6.07, 6.45) is 6.72. The summed E-state index contributed by atoms with van der Waals surface area (Å²) in [5, 5.41) is 16.2. The fourth-order valence-electron chi connectivity index (χ4n) is 3.78. The monoisotopic (exact) mass is 367 g/mol. The van der Waals surface area contributed by atoms with Gasteiger partial charge in [-0.05, 0) is 62.4 Å². The zero-order chi connectivity index (χ0) is 18.1. The minimum absolute atomic E-state index is 0.302. The summed E-state index contributed by atoms with van der Waals surface area (Å²) in [6.45, 7) is 2.05. The van der Waals surface area contributed by atoms with Crippen LogP contribution < -0.4 is 5.32 Å². The maximum absolute atomic E-state index is 10.9. The number of nitrogens with one attached hydrogen (secondary N) is 1. The SMILES string of the molecule is Cc1ccc(Cl)c2ccc(NC3CCC(O)(c4cccnc4)CC3)nc12. The Hall–Kier alpha value is -2.17. The number of nitrogens with zero attached hydrogens (tertiary/aromatic N) is 2. The Kier molecular flexibility index (Phi) is 4.55. The van der Waals surface area contributed by atoms with E-state index in [0.717, 1.165) is 58.6 Å². The second-order valence-corrected chi connectivity index (χ2v) is 7.56. The number of aliphatic hydroxyl groups is 1. The predicted molar refractivity (Wildman–Crippen MR) is 106 cm³/mol. The predicted octanol–water partition coefficient (Wildman–Crippen LogP) is 4.83. The second kappa shape index (κ2) is 6.86. The first-order valence-electron chi connectivity index (χ1n) is 9.00. The fourth-order valence-corrected chi connectivity index (χ4v) is 3.99. The first-order valence-corrected chi connectivity index (χ1v) is 9.38. The third-order valence-electron chi connectivity index (χ3n) is 5.37. The van der Waals surface area contributed by atoms with Crippen molar-refractivity contribution in [1.82, 2.24) is 9.97 Å². The van der Waals surface area contributed by atoms with Gasteiger partial charge >= 0.3 is 0 Å². The van der Waals surface area contributed by atoms with Crippen molar-refractivity contribution >= 4 is 28.3 Å². The van der Waals surface area contributed by atoms with Crippen molar-refractivity contribution in [2.45, 2.75) is 44.2 Å². The van der Waals surface area contributed by atoms with Crippen molar-refractivity contribution in [1.29, 1.82) is 0 Å². The number of benzene rings is 1. The topological polar surface area (TPSA) is 58.0 Å². The highest BCUT2D eigenvalue weighted by Gasteiger charge is 2.35. The normalized spacial score (nSPS) is 23.1. The van der Waals surface area contributed by atoms with Gasteiger partial charge in [0.15, 0.2) is 0 Å². The largest absolute Gasteiger partial charge is 0.385 e. The van der Waals surface area contributed by atoms with Crippen molar-refractivity contribution in [2.75, 3.05) is 5.32 Å². The minimum atomic E-state index is -0.770. The van der Waals surface area contributed by atoms with Crippen LogP contribution in [0.15, 0.2) is 48.8 Å². The number of fused-ring (bicyclic) bond motifs is 1. The van der Waals surface area contributed by atoms with Crippen LogP contribution in [0.5, 0.6) is 0 Å². The number of pyridine rings is 2. The molecule has 2 heterocycles. The number of rotatable bonds is 3. The van der Waals surface area contributed by atoms with Crippen LogP contribution in [-0.4, -0.2) is 21.1 Å². The summed E-state index contributed by atoms with van der Waals surface area (Å²) in [4.78, 5) is 8.90. The number of hydrogen-bond acceptors (Lipinski definition) is 4. The average molecular weight is 368 g/mol. The molecular formula is C21H22ClN3O. The summed E-state index contributed by atoms with van der Waals surface area (Å²) in [5.74, 6) is 0.861. The molecule has 134 valence electrons. The molecular weight excluding hydrogens is 346 g/mol. The maximum atomic E-state index is 10.9. The molecule has 3 aromatic rings. The minimum Gasteiger partial charge on any atom is -0.385 e. The molecule has 0 atom stereocenters. The molecule has 0 bridgehead atoms. The molecule has 1 aliphatic carbocycles. The van der Waals surface area contributed by atoms with E-state index in [2.05, 4.69) is 10.3 Å². The number of hydrogen-bond donors (Lipinski definition) is 2. The lowest BCUT2D eigenvalue weighted by Gasteiger charge is -2.36. The van der Waals surface area contributed by atoms with E-state index in [0.29, 0.717) is 6.04 Å². The molecule has 0 radical (unpaired) electrons. The van der Waals surface area contributed by atoms with Crippen LogP contribution in [0.3, 0.4) is 0 Å². The fraction of sp³-hybridized carbons (Fsp3) is 0.333. The third kappa shape index (κ3) is 3.27. The van der Waals surface area contributed by atoms with E-state index in [4.69, 9.17) is 16.6 Å². The summed E-state index contributed by atoms with van der Waals surface area (Å²) < 4.78 is 0. The molecule has 0 spiro atoms. The molecule has 0 unspecified atom stereocenters. The van der Waals surface area contributed by atoms with Crippen LogP contribution in [0.4, 0.5) is 5.82 Å². The maximum Gasteiger partial charge on any atom is 0.126 e. The summed E-state index contributed by atoms with van der Waals surface area (Å²) in [6, 6.07) is 12.0. The van der Waals surface area contributed by atoms with Gasteiger partial charge in [0.25, 0.3) is 0 Å². The Bertz CT molecular complexity index is 921. The molecule has 1 aliphatic rings. The second-order valence-electron chi connectivity index (χ2n) is 7.15. The summed E-state index contributed by atoms with van der Waals surface area (Å²) >= 11 is 6.27. The van der Waals surface area contributed by atoms with Crippen LogP contribution in [-0.2, 0) is 5.60 Å². The van der Waals surface area contributed by atoms with Gasteiger partial charge in [0.1, 0.15) is 5.82 Å². The molecule has 4 nitrogen and oxygen atoms in total. The van der Waals surface area contributed by atoms with Crippen molar-refractivity contribution < 1.29 is 5.11 Å². The standard InChI is InChI=1S/C21H22ClN3O/c1-14-4-6-18(22)17-5-7-19(25-20(14)17)24-16-8-10-21(26,11-9-16)15-3-2-12-23-13-15/h2-7,12-13,16,26H,8-11H2,1H3,(H,24,25). The lowest BCUT2D eigenvalue weighted by Crippen LogP contribution is -2.36.